The first-order chi connectivity index (χ1) is 9.26. The maximum atomic E-state index is 11.2. The van der Waals surface area contributed by atoms with Crippen molar-refractivity contribution in [2.24, 2.45) is 0 Å². The minimum Gasteiger partial charge on any atom is -0.375 e. The summed E-state index contributed by atoms with van der Waals surface area (Å²) in [5.41, 5.74) is 0.153. The van der Waals surface area contributed by atoms with Crippen molar-refractivity contribution in [3.05, 3.63) is 0 Å². The second-order valence-electron chi connectivity index (χ2n) is 6.04. The Balaban J connectivity index is 1.47. The molecule has 3 aliphatic rings. The molecule has 2 N–H and O–H groups in total. The van der Waals surface area contributed by atoms with Crippen LogP contribution in [0.4, 0.5) is 0 Å². The third kappa shape index (κ3) is 3.44. The molecule has 19 heavy (non-hydrogen) atoms. The van der Waals surface area contributed by atoms with Crippen molar-refractivity contribution in [3.8, 4) is 0 Å². The van der Waals surface area contributed by atoms with Crippen molar-refractivity contribution >= 4 is 17.7 Å². The highest BCUT2D eigenvalue weighted by Crippen LogP contribution is 2.37. The smallest absolute Gasteiger partial charge is 0.220 e. The summed E-state index contributed by atoms with van der Waals surface area (Å²) in [6.45, 7) is 1.81. The molecule has 3 rings (SSSR count). The zero-order valence-electron chi connectivity index (χ0n) is 11.5. The maximum absolute atomic E-state index is 11.2. The molecule has 3 aliphatic heterocycles. The van der Waals surface area contributed by atoms with E-state index in [2.05, 4.69) is 10.6 Å². The van der Waals surface area contributed by atoms with E-state index >= 15 is 0 Å². The van der Waals surface area contributed by atoms with Gasteiger partial charge in [0.1, 0.15) is 0 Å². The number of hydrogen-bond acceptors (Lipinski definition) is 4. The Labute approximate surface area is 119 Å². The van der Waals surface area contributed by atoms with Gasteiger partial charge in [-0.1, -0.05) is 0 Å². The van der Waals surface area contributed by atoms with Crippen molar-refractivity contribution < 1.29 is 9.53 Å². The van der Waals surface area contributed by atoms with Crippen LogP contribution >= 0.6 is 11.8 Å². The quantitative estimate of drug-likeness (QED) is 0.820. The van der Waals surface area contributed by atoms with Crippen molar-refractivity contribution in [3.63, 3.8) is 0 Å². The summed E-state index contributed by atoms with van der Waals surface area (Å²) in [6, 6.07) is 0.905. The average Bonchev–Trinajstić information content (AvgIpc) is 2.83. The lowest BCUT2D eigenvalue weighted by Gasteiger charge is -2.43. The van der Waals surface area contributed by atoms with Crippen molar-refractivity contribution in [2.75, 3.05) is 24.7 Å². The highest BCUT2D eigenvalue weighted by Gasteiger charge is 2.38. The Morgan fingerprint density at radius 1 is 1.37 bits per heavy atom. The van der Waals surface area contributed by atoms with E-state index in [1.165, 1.54) is 24.3 Å². The molecule has 2 atom stereocenters. The van der Waals surface area contributed by atoms with Gasteiger partial charge in [0.2, 0.25) is 5.91 Å². The molecule has 5 heteroatoms. The summed E-state index contributed by atoms with van der Waals surface area (Å²) < 4.78 is 6.10. The van der Waals surface area contributed by atoms with Crippen molar-refractivity contribution in [1.82, 2.24) is 10.6 Å². The lowest BCUT2D eigenvalue weighted by atomic mass is 9.85. The van der Waals surface area contributed by atoms with Gasteiger partial charge in [-0.3, -0.25) is 4.79 Å². The van der Waals surface area contributed by atoms with Crippen LogP contribution in [0.2, 0.25) is 0 Å². The van der Waals surface area contributed by atoms with Crippen molar-refractivity contribution in [2.45, 2.75) is 56.2 Å². The number of thioether (sulfide) groups is 1. The van der Waals surface area contributed by atoms with E-state index in [1.807, 2.05) is 11.8 Å². The molecule has 0 radical (unpaired) electrons. The first kappa shape index (κ1) is 13.7. The molecule has 0 aliphatic carbocycles. The van der Waals surface area contributed by atoms with Crippen LogP contribution in [-0.2, 0) is 9.53 Å². The van der Waals surface area contributed by atoms with E-state index < -0.39 is 0 Å². The zero-order chi connectivity index (χ0) is 13.1. The number of carbonyl (C=O) groups is 1. The molecule has 1 spiro atoms. The molecule has 0 bridgehead atoms. The van der Waals surface area contributed by atoms with Crippen LogP contribution in [-0.4, -0.2) is 48.2 Å². The van der Waals surface area contributed by atoms with E-state index in [1.54, 1.807) is 0 Å². The van der Waals surface area contributed by atoms with Gasteiger partial charge >= 0.3 is 0 Å². The minimum atomic E-state index is 0.153. The van der Waals surface area contributed by atoms with Gasteiger partial charge in [0.05, 0.1) is 5.60 Å². The molecule has 2 unspecified atom stereocenters. The van der Waals surface area contributed by atoms with Crippen LogP contribution in [0.1, 0.15) is 38.5 Å². The summed E-state index contributed by atoms with van der Waals surface area (Å²) in [4.78, 5) is 11.2. The molecule has 3 saturated heterocycles. The number of rotatable bonds is 3. The van der Waals surface area contributed by atoms with Gasteiger partial charge in [-0.05, 0) is 43.6 Å². The molecule has 108 valence electrons. The Hall–Kier alpha value is -0.260. The average molecular weight is 284 g/mol. The second kappa shape index (κ2) is 6.02. The number of carbonyl (C=O) groups excluding carboxylic acids is 1. The summed E-state index contributed by atoms with van der Waals surface area (Å²) in [7, 11) is 0. The number of hydrogen-bond donors (Lipinski definition) is 2. The topological polar surface area (TPSA) is 50.4 Å². The van der Waals surface area contributed by atoms with Crippen LogP contribution < -0.4 is 10.6 Å². The van der Waals surface area contributed by atoms with Gasteiger partial charge in [-0.15, -0.1) is 0 Å². The highest BCUT2D eigenvalue weighted by molar-refractivity contribution is 7.99. The third-order valence-corrected chi connectivity index (χ3v) is 5.62. The summed E-state index contributed by atoms with van der Waals surface area (Å²) >= 11 is 2.05. The lowest BCUT2D eigenvalue weighted by molar-refractivity contribution is -0.119. The highest BCUT2D eigenvalue weighted by atomic mass is 32.2. The molecular formula is C14H24N2O2S. The Kier molecular flexibility index (Phi) is 4.34. The zero-order valence-corrected chi connectivity index (χ0v) is 12.3. The van der Waals surface area contributed by atoms with E-state index in [-0.39, 0.29) is 11.5 Å². The van der Waals surface area contributed by atoms with Gasteiger partial charge in [-0.25, -0.2) is 0 Å². The van der Waals surface area contributed by atoms with Crippen LogP contribution in [0.3, 0.4) is 0 Å². The number of amides is 1. The van der Waals surface area contributed by atoms with E-state index in [9.17, 15) is 4.79 Å². The van der Waals surface area contributed by atoms with E-state index in [0.717, 1.165) is 32.4 Å². The van der Waals surface area contributed by atoms with Crippen molar-refractivity contribution in [1.29, 1.82) is 0 Å². The molecule has 3 fully saturated rings. The molecule has 3 heterocycles. The normalized spacial score (nSPS) is 34.4. The fourth-order valence-electron chi connectivity index (χ4n) is 3.43. The molecule has 0 saturated carbocycles. The fraction of sp³-hybridized carbons (Fsp3) is 0.929. The molecular weight excluding hydrogens is 260 g/mol. The van der Waals surface area contributed by atoms with Gasteiger partial charge in [-0.2, -0.15) is 11.8 Å². The second-order valence-corrected chi connectivity index (χ2v) is 7.27. The third-order valence-electron chi connectivity index (χ3n) is 4.63. The molecule has 0 aromatic carbocycles. The Morgan fingerprint density at radius 2 is 2.21 bits per heavy atom. The summed E-state index contributed by atoms with van der Waals surface area (Å²) in [6.07, 6.45) is 6.34. The van der Waals surface area contributed by atoms with Gasteiger partial charge in [0.15, 0.2) is 0 Å². The number of nitrogens with one attached hydrogen (secondary N) is 2. The monoisotopic (exact) mass is 284 g/mol. The van der Waals surface area contributed by atoms with Crippen LogP contribution in [0, 0.1) is 0 Å². The maximum Gasteiger partial charge on any atom is 0.220 e. The predicted molar refractivity (Wildman–Crippen MR) is 77.4 cm³/mol. The van der Waals surface area contributed by atoms with E-state index in [4.69, 9.17) is 4.74 Å². The summed E-state index contributed by atoms with van der Waals surface area (Å²) in [5, 5.41) is 6.68. The Morgan fingerprint density at radius 3 is 2.95 bits per heavy atom. The minimum absolute atomic E-state index is 0.153. The van der Waals surface area contributed by atoms with Crippen LogP contribution in [0.25, 0.3) is 0 Å². The van der Waals surface area contributed by atoms with Crippen LogP contribution in [0.5, 0.6) is 0 Å². The lowest BCUT2D eigenvalue weighted by Crippen LogP contribution is -2.50. The SMILES string of the molecule is O=C1CCC(CNC2CCOC3(CCSCC3)C2)N1. The fourth-order valence-corrected chi connectivity index (χ4v) is 4.67. The Bertz CT molecular complexity index is 326. The molecule has 0 aromatic rings. The largest absolute Gasteiger partial charge is 0.375 e. The molecule has 0 aromatic heterocycles. The van der Waals surface area contributed by atoms with Gasteiger partial charge in [0, 0.05) is 31.7 Å². The first-order valence-corrected chi connectivity index (χ1v) is 8.66. The van der Waals surface area contributed by atoms with Gasteiger partial charge in [0.25, 0.3) is 0 Å². The van der Waals surface area contributed by atoms with E-state index in [0.29, 0.717) is 18.5 Å². The summed E-state index contributed by atoms with van der Waals surface area (Å²) in [5.74, 6) is 2.69. The molecule has 1 amide bonds. The first-order valence-electron chi connectivity index (χ1n) is 7.50. The predicted octanol–water partition coefficient (Wildman–Crippen LogP) is 1.30. The molecule has 4 nitrogen and oxygen atoms in total. The van der Waals surface area contributed by atoms with Gasteiger partial charge < -0.3 is 15.4 Å². The number of ether oxygens (including phenoxy) is 1. The van der Waals surface area contributed by atoms with Crippen LogP contribution in [0.15, 0.2) is 0 Å². The standard InChI is InChI=1S/C14H24N2O2S/c17-13-2-1-12(16-13)10-15-11-3-6-18-14(9-11)4-7-19-8-5-14/h11-12,15H,1-10H2,(H,16,17).